The van der Waals surface area contributed by atoms with Crippen LogP contribution in [0.4, 0.5) is 10.1 Å². The van der Waals surface area contributed by atoms with Gasteiger partial charge in [-0.1, -0.05) is 54.6 Å². The van der Waals surface area contributed by atoms with Crippen molar-refractivity contribution < 1.29 is 9.18 Å². The minimum atomic E-state index is -0.358. The van der Waals surface area contributed by atoms with E-state index in [2.05, 4.69) is 10.3 Å². The van der Waals surface area contributed by atoms with Gasteiger partial charge in [-0.25, -0.2) is 9.38 Å². The van der Waals surface area contributed by atoms with Gasteiger partial charge < -0.3 is 5.32 Å². The van der Waals surface area contributed by atoms with Crippen molar-refractivity contribution in [1.29, 1.82) is 0 Å². The van der Waals surface area contributed by atoms with Crippen molar-refractivity contribution in [2.24, 2.45) is 4.99 Å². The van der Waals surface area contributed by atoms with E-state index < -0.39 is 0 Å². The molecule has 0 radical (unpaired) electrons. The summed E-state index contributed by atoms with van der Waals surface area (Å²) in [6, 6.07) is 20.1. The third kappa shape index (κ3) is 3.19. The Hall–Kier alpha value is -2.92. The Kier molecular flexibility index (Phi) is 4.07. The lowest BCUT2D eigenvalue weighted by atomic mass is 10.1. The van der Waals surface area contributed by atoms with E-state index in [0.29, 0.717) is 15.6 Å². The van der Waals surface area contributed by atoms with E-state index in [4.69, 9.17) is 0 Å². The predicted octanol–water partition coefficient (Wildman–Crippen LogP) is 4.87. The lowest BCUT2D eigenvalue weighted by Crippen LogP contribution is -2.19. The molecule has 3 aromatic rings. The van der Waals surface area contributed by atoms with Crippen LogP contribution in [-0.4, -0.2) is 11.1 Å². The summed E-state index contributed by atoms with van der Waals surface area (Å²) in [7, 11) is 0. The normalized spacial score (nSPS) is 17.4. The highest BCUT2D eigenvalue weighted by molar-refractivity contribution is 8.18. The molecule has 0 aliphatic carbocycles. The second-order valence-corrected chi connectivity index (χ2v) is 6.53. The topological polar surface area (TPSA) is 41.5 Å². The quantitative estimate of drug-likeness (QED) is 0.671. The first-order chi connectivity index (χ1) is 12.2. The van der Waals surface area contributed by atoms with Gasteiger partial charge in [-0.05, 0) is 35.4 Å². The van der Waals surface area contributed by atoms with Crippen LogP contribution < -0.4 is 5.32 Å². The molecule has 25 heavy (non-hydrogen) atoms. The Labute approximate surface area is 148 Å². The smallest absolute Gasteiger partial charge is 0.264 e. The lowest BCUT2D eigenvalue weighted by molar-refractivity contribution is -0.115. The van der Waals surface area contributed by atoms with E-state index in [0.717, 1.165) is 16.5 Å². The number of amides is 1. The minimum absolute atomic E-state index is 0.271. The molecule has 0 atom stereocenters. The van der Waals surface area contributed by atoms with E-state index in [1.807, 2.05) is 42.5 Å². The van der Waals surface area contributed by atoms with Crippen LogP contribution >= 0.6 is 11.8 Å². The van der Waals surface area contributed by atoms with Crippen LogP contribution in [0.25, 0.3) is 16.8 Å². The molecule has 1 N–H and O–H groups in total. The van der Waals surface area contributed by atoms with Gasteiger partial charge in [-0.3, -0.25) is 4.79 Å². The fourth-order valence-electron chi connectivity index (χ4n) is 2.63. The Bertz CT molecular complexity index is 1040. The fraction of sp³-hybridized carbons (Fsp3) is 0. The fourth-order valence-corrected chi connectivity index (χ4v) is 3.45. The van der Waals surface area contributed by atoms with Crippen molar-refractivity contribution in [3.05, 3.63) is 83.0 Å². The molecule has 122 valence electrons. The zero-order valence-electron chi connectivity index (χ0n) is 13.1. The SMILES string of the molecule is O=C1NC(=Nc2cccc3ccccc23)S/C1=C\c1ccccc1F. The predicted molar refractivity (Wildman–Crippen MR) is 101 cm³/mol. The molecular formula is C20H13FN2OS. The molecule has 0 saturated carbocycles. The number of benzene rings is 3. The number of halogens is 1. The molecule has 4 rings (SSSR count). The van der Waals surface area contributed by atoms with Crippen LogP contribution in [-0.2, 0) is 4.79 Å². The highest BCUT2D eigenvalue weighted by atomic mass is 32.2. The molecule has 1 aliphatic heterocycles. The summed E-state index contributed by atoms with van der Waals surface area (Å²) < 4.78 is 13.8. The second kappa shape index (κ2) is 6.53. The summed E-state index contributed by atoms with van der Waals surface area (Å²) in [6.45, 7) is 0. The Morgan fingerprint density at radius 2 is 1.72 bits per heavy atom. The second-order valence-electron chi connectivity index (χ2n) is 5.50. The molecular weight excluding hydrogens is 335 g/mol. The number of thioether (sulfide) groups is 1. The summed E-state index contributed by atoms with van der Waals surface area (Å²) in [5.41, 5.74) is 1.17. The van der Waals surface area contributed by atoms with Gasteiger partial charge in [-0.15, -0.1) is 0 Å². The van der Waals surface area contributed by atoms with Crippen LogP contribution in [0.3, 0.4) is 0 Å². The van der Waals surface area contributed by atoms with Crippen LogP contribution in [0.1, 0.15) is 5.56 Å². The number of carbonyl (C=O) groups excluding carboxylic acids is 1. The van der Waals surface area contributed by atoms with Gasteiger partial charge in [0.1, 0.15) is 5.82 Å². The van der Waals surface area contributed by atoms with Gasteiger partial charge in [0.2, 0.25) is 0 Å². The molecule has 1 heterocycles. The zero-order valence-corrected chi connectivity index (χ0v) is 13.9. The van der Waals surface area contributed by atoms with Gasteiger partial charge in [0.15, 0.2) is 5.17 Å². The molecule has 3 nitrogen and oxygen atoms in total. The number of rotatable bonds is 2. The molecule has 1 saturated heterocycles. The monoisotopic (exact) mass is 348 g/mol. The molecule has 0 bridgehead atoms. The molecule has 3 aromatic carbocycles. The van der Waals surface area contributed by atoms with Gasteiger partial charge in [0.25, 0.3) is 5.91 Å². The number of amidine groups is 1. The number of hydrogen-bond acceptors (Lipinski definition) is 3. The Morgan fingerprint density at radius 3 is 2.60 bits per heavy atom. The van der Waals surface area contributed by atoms with Crippen molar-refractivity contribution >= 4 is 45.4 Å². The summed E-state index contributed by atoms with van der Waals surface area (Å²) in [4.78, 5) is 17.1. The Balaban J connectivity index is 1.68. The first-order valence-corrected chi connectivity index (χ1v) is 8.54. The van der Waals surface area contributed by atoms with Crippen molar-refractivity contribution in [1.82, 2.24) is 5.32 Å². The van der Waals surface area contributed by atoms with Gasteiger partial charge in [0.05, 0.1) is 10.6 Å². The number of fused-ring (bicyclic) bond motifs is 1. The van der Waals surface area contributed by atoms with Crippen molar-refractivity contribution in [2.75, 3.05) is 0 Å². The first kappa shape index (κ1) is 15.6. The lowest BCUT2D eigenvalue weighted by Gasteiger charge is -2.02. The number of nitrogens with zero attached hydrogens (tertiary/aromatic N) is 1. The highest BCUT2D eigenvalue weighted by Gasteiger charge is 2.24. The third-order valence-corrected chi connectivity index (χ3v) is 4.74. The van der Waals surface area contributed by atoms with E-state index in [9.17, 15) is 9.18 Å². The molecule has 0 unspecified atom stereocenters. The summed E-state index contributed by atoms with van der Waals surface area (Å²) in [6.07, 6.45) is 1.54. The van der Waals surface area contributed by atoms with E-state index in [-0.39, 0.29) is 11.7 Å². The molecule has 1 aliphatic rings. The van der Waals surface area contributed by atoms with Crippen molar-refractivity contribution in [2.45, 2.75) is 0 Å². The molecule has 1 fully saturated rings. The van der Waals surface area contributed by atoms with Crippen molar-refractivity contribution in [3.8, 4) is 0 Å². The highest BCUT2D eigenvalue weighted by Crippen LogP contribution is 2.31. The maximum atomic E-state index is 13.8. The summed E-state index contributed by atoms with van der Waals surface area (Å²) >= 11 is 1.21. The number of nitrogens with one attached hydrogen (secondary N) is 1. The average molecular weight is 348 g/mol. The summed E-state index contributed by atoms with van der Waals surface area (Å²) in [5.74, 6) is -0.630. The standard InChI is InChI=1S/C20H13FN2OS/c21-16-10-4-2-7-14(16)12-18-19(24)23-20(25-18)22-17-11-5-8-13-6-1-3-9-15(13)17/h1-12H,(H,22,23,24)/b18-12-. The van der Waals surface area contributed by atoms with E-state index in [1.54, 1.807) is 24.3 Å². The number of aliphatic imine (C=N–C) groups is 1. The molecule has 5 heteroatoms. The van der Waals surface area contributed by atoms with Gasteiger partial charge in [0, 0.05) is 10.9 Å². The largest absolute Gasteiger partial charge is 0.300 e. The number of hydrogen-bond donors (Lipinski definition) is 1. The van der Waals surface area contributed by atoms with Crippen LogP contribution in [0.2, 0.25) is 0 Å². The van der Waals surface area contributed by atoms with Crippen molar-refractivity contribution in [3.63, 3.8) is 0 Å². The zero-order chi connectivity index (χ0) is 17.2. The van der Waals surface area contributed by atoms with E-state index in [1.165, 1.54) is 17.8 Å². The Morgan fingerprint density at radius 1 is 0.960 bits per heavy atom. The molecule has 0 spiro atoms. The number of carbonyl (C=O) groups is 1. The minimum Gasteiger partial charge on any atom is -0.300 e. The maximum Gasteiger partial charge on any atom is 0.264 e. The van der Waals surface area contributed by atoms with Gasteiger partial charge in [-0.2, -0.15) is 0 Å². The van der Waals surface area contributed by atoms with Gasteiger partial charge >= 0.3 is 0 Å². The molecule has 0 aromatic heterocycles. The van der Waals surface area contributed by atoms with Crippen LogP contribution in [0.15, 0.2) is 76.6 Å². The third-order valence-electron chi connectivity index (χ3n) is 3.83. The maximum absolute atomic E-state index is 13.8. The molecule has 1 amide bonds. The van der Waals surface area contributed by atoms with E-state index >= 15 is 0 Å². The first-order valence-electron chi connectivity index (χ1n) is 7.72. The van der Waals surface area contributed by atoms with Crippen LogP contribution in [0.5, 0.6) is 0 Å². The summed E-state index contributed by atoms with van der Waals surface area (Å²) in [5, 5.41) is 5.33. The average Bonchev–Trinajstić information content (AvgIpc) is 2.96. The van der Waals surface area contributed by atoms with Crippen LogP contribution in [0, 0.1) is 5.82 Å².